The summed E-state index contributed by atoms with van der Waals surface area (Å²) < 4.78 is 5.69. The lowest BCUT2D eigenvalue weighted by Crippen LogP contribution is -2.61. The molecule has 0 bridgehead atoms. The molecule has 0 radical (unpaired) electrons. The molecule has 1 heterocycles. The summed E-state index contributed by atoms with van der Waals surface area (Å²) in [4.78, 5) is 2.44. The van der Waals surface area contributed by atoms with Gasteiger partial charge >= 0.3 is 0 Å². The molecule has 106 valence electrons. The molecule has 0 saturated carbocycles. The first-order chi connectivity index (χ1) is 8.85. The first-order valence-corrected chi connectivity index (χ1v) is 7.15. The van der Waals surface area contributed by atoms with Crippen molar-refractivity contribution in [3.8, 4) is 5.75 Å². The molecule has 1 N–H and O–H groups in total. The Morgan fingerprint density at radius 1 is 1.26 bits per heavy atom. The zero-order valence-electron chi connectivity index (χ0n) is 12.7. The number of nitrogens with one attached hydrogen (secondary N) is 1. The van der Waals surface area contributed by atoms with E-state index >= 15 is 0 Å². The maximum Gasteiger partial charge on any atom is 0.119 e. The van der Waals surface area contributed by atoms with E-state index in [1.807, 2.05) is 0 Å². The Labute approximate surface area is 116 Å². The molecule has 0 spiro atoms. The van der Waals surface area contributed by atoms with Gasteiger partial charge in [0.2, 0.25) is 0 Å². The zero-order chi connectivity index (χ0) is 14.0. The van der Waals surface area contributed by atoms with Crippen LogP contribution in [0.2, 0.25) is 0 Å². The van der Waals surface area contributed by atoms with Crippen molar-refractivity contribution in [2.24, 2.45) is 0 Å². The molecule has 0 amide bonds. The molecule has 1 aromatic carbocycles. The number of ether oxygens (including phenoxy) is 1. The quantitative estimate of drug-likeness (QED) is 0.906. The van der Waals surface area contributed by atoms with Crippen LogP contribution < -0.4 is 15.0 Å². The van der Waals surface area contributed by atoms with Gasteiger partial charge in [0.05, 0.1) is 6.10 Å². The van der Waals surface area contributed by atoms with Crippen molar-refractivity contribution in [3.05, 3.63) is 24.3 Å². The monoisotopic (exact) mass is 262 g/mol. The van der Waals surface area contributed by atoms with E-state index in [4.69, 9.17) is 4.74 Å². The van der Waals surface area contributed by atoms with Gasteiger partial charge in [0.15, 0.2) is 0 Å². The van der Waals surface area contributed by atoms with Crippen LogP contribution in [0.25, 0.3) is 0 Å². The third-order valence-electron chi connectivity index (χ3n) is 3.29. The van der Waals surface area contributed by atoms with Gasteiger partial charge in [0.25, 0.3) is 0 Å². The van der Waals surface area contributed by atoms with Crippen LogP contribution in [-0.2, 0) is 0 Å². The minimum atomic E-state index is 0.158. The third kappa shape index (κ3) is 3.87. The second-order valence-electron chi connectivity index (χ2n) is 6.47. The summed E-state index contributed by atoms with van der Waals surface area (Å²) in [5, 5.41) is 3.63. The lowest BCUT2D eigenvalue weighted by molar-refractivity contribution is 0.242. The zero-order valence-corrected chi connectivity index (χ0v) is 12.7. The number of hydrogen-bond donors (Lipinski definition) is 1. The van der Waals surface area contributed by atoms with Crippen molar-refractivity contribution in [1.82, 2.24) is 5.32 Å². The molecular weight excluding hydrogens is 236 g/mol. The highest BCUT2D eigenvalue weighted by atomic mass is 16.5. The summed E-state index contributed by atoms with van der Waals surface area (Å²) in [5.74, 6) is 0.946. The van der Waals surface area contributed by atoms with E-state index < -0.39 is 0 Å². The summed E-state index contributed by atoms with van der Waals surface area (Å²) in [5.41, 5.74) is 1.43. The standard InChI is InChI=1S/C16H26N2O/c1-12(2)19-15-8-6-14(7-9-15)18-10-13(3)17-16(4,5)11-18/h6-9,12-13,17H,10-11H2,1-5H3. The van der Waals surface area contributed by atoms with Crippen molar-refractivity contribution in [1.29, 1.82) is 0 Å². The minimum Gasteiger partial charge on any atom is -0.491 e. The molecule has 1 aliphatic heterocycles. The lowest BCUT2D eigenvalue weighted by Gasteiger charge is -2.44. The van der Waals surface area contributed by atoms with Gasteiger partial charge in [-0.15, -0.1) is 0 Å². The fourth-order valence-corrected chi connectivity index (χ4v) is 2.83. The molecule has 1 saturated heterocycles. The van der Waals surface area contributed by atoms with Gasteiger partial charge in [-0.05, 0) is 58.9 Å². The van der Waals surface area contributed by atoms with Crippen LogP contribution in [0.15, 0.2) is 24.3 Å². The largest absolute Gasteiger partial charge is 0.491 e. The molecule has 19 heavy (non-hydrogen) atoms. The molecular formula is C16H26N2O. The molecule has 3 heteroatoms. The Hall–Kier alpha value is -1.22. The summed E-state index contributed by atoms with van der Waals surface area (Å²) >= 11 is 0. The predicted molar refractivity (Wildman–Crippen MR) is 81.1 cm³/mol. The average molecular weight is 262 g/mol. The van der Waals surface area contributed by atoms with Gasteiger partial charge in [-0.25, -0.2) is 0 Å². The second-order valence-corrected chi connectivity index (χ2v) is 6.47. The van der Waals surface area contributed by atoms with Gasteiger partial charge in [0.1, 0.15) is 5.75 Å². The van der Waals surface area contributed by atoms with E-state index in [2.05, 4.69) is 69.1 Å². The molecule has 0 aliphatic carbocycles. The molecule has 0 aromatic heterocycles. The highest BCUT2D eigenvalue weighted by Gasteiger charge is 2.29. The van der Waals surface area contributed by atoms with Crippen molar-refractivity contribution in [2.45, 2.75) is 52.3 Å². The Kier molecular flexibility index (Phi) is 4.04. The van der Waals surface area contributed by atoms with Gasteiger partial charge in [-0.2, -0.15) is 0 Å². The highest BCUT2D eigenvalue weighted by Crippen LogP contribution is 2.24. The molecule has 1 atom stereocenters. The van der Waals surface area contributed by atoms with E-state index in [0.717, 1.165) is 18.8 Å². The van der Waals surface area contributed by atoms with Crippen molar-refractivity contribution in [2.75, 3.05) is 18.0 Å². The topological polar surface area (TPSA) is 24.5 Å². The van der Waals surface area contributed by atoms with Crippen molar-refractivity contribution in [3.63, 3.8) is 0 Å². The van der Waals surface area contributed by atoms with Crippen LogP contribution in [-0.4, -0.2) is 30.8 Å². The van der Waals surface area contributed by atoms with Crippen LogP contribution in [0.5, 0.6) is 5.75 Å². The Balaban J connectivity index is 2.09. The van der Waals surface area contributed by atoms with E-state index in [9.17, 15) is 0 Å². The third-order valence-corrected chi connectivity index (χ3v) is 3.29. The minimum absolute atomic E-state index is 0.158. The number of rotatable bonds is 3. The number of piperazine rings is 1. The molecule has 1 fully saturated rings. The average Bonchev–Trinajstić information content (AvgIpc) is 2.26. The molecule has 3 nitrogen and oxygen atoms in total. The van der Waals surface area contributed by atoms with Crippen LogP contribution in [0, 0.1) is 0 Å². The fourth-order valence-electron chi connectivity index (χ4n) is 2.83. The smallest absolute Gasteiger partial charge is 0.119 e. The number of benzene rings is 1. The van der Waals surface area contributed by atoms with Gasteiger partial charge in [-0.1, -0.05) is 0 Å². The van der Waals surface area contributed by atoms with Crippen LogP contribution in [0.3, 0.4) is 0 Å². The maximum absolute atomic E-state index is 5.69. The summed E-state index contributed by atoms with van der Waals surface area (Å²) in [7, 11) is 0. The normalized spacial score (nSPS) is 22.6. The molecule has 2 rings (SSSR count). The predicted octanol–water partition coefficient (Wildman–Crippen LogP) is 3.05. The van der Waals surface area contributed by atoms with Crippen molar-refractivity contribution < 1.29 is 4.74 Å². The highest BCUT2D eigenvalue weighted by molar-refractivity contribution is 5.50. The number of anilines is 1. The van der Waals surface area contributed by atoms with E-state index in [1.54, 1.807) is 0 Å². The molecule has 1 aromatic rings. The van der Waals surface area contributed by atoms with Crippen LogP contribution in [0.4, 0.5) is 5.69 Å². The Bertz CT molecular complexity index is 411. The summed E-state index contributed by atoms with van der Waals surface area (Å²) in [6, 6.07) is 8.96. The maximum atomic E-state index is 5.69. The fraction of sp³-hybridized carbons (Fsp3) is 0.625. The number of hydrogen-bond acceptors (Lipinski definition) is 3. The first-order valence-electron chi connectivity index (χ1n) is 7.15. The van der Waals surface area contributed by atoms with Crippen LogP contribution >= 0.6 is 0 Å². The van der Waals surface area contributed by atoms with E-state index in [1.165, 1.54) is 5.69 Å². The lowest BCUT2D eigenvalue weighted by atomic mass is 9.98. The summed E-state index contributed by atoms with van der Waals surface area (Å²) in [6.07, 6.45) is 0.226. The van der Waals surface area contributed by atoms with Crippen molar-refractivity contribution >= 4 is 5.69 Å². The Morgan fingerprint density at radius 3 is 2.42 bits per heavy atom. The molecule has 1 unspecified atom stereocenters. The first kappa shape index (κ1) is 14.2. The van der Waals surface area contributed by atoms with Gasteiger partial charge < -0.3 is 15.0 Å². The van der Waals surface area contributed by atoms with Gasteiger partial charge in [0, 0.05) is 30.4 Å². The van der Waals surface area contributed by atoms with E-state index in [0.29, 0.717) is 6.04 Å². The number of nitrogens with zero attached hydrogens (tertiary/aromatic N) is 1. The second kappa shape index (κ2) is 5.41. The summed E-state index contributed by atoms with van der Waals surface area (Å²) in [6.45, 7) is 12.9. The van der Waals surface area contributed by atoms with E-state index in [-0.39, 0.29) is 11.6 Å². The SMILES string of the molecule is CC1CN(c2ccc(OC(C)C)cc2)CC(C)(C)N1. The molecule has 1 aliphatic rings. The van der Waals surface area contributed by atoms with Crippen LogP contribution in [0.1, 0.15) is 34.6 Å². The Morgan fingerprint density at radius 2 is 1.89 bits per heavy atom. The van der Waals surface area contributed by atoms with Gasteiger partial charge in [-0.3, -0.25) is 0 Å².